The zero-order chi connectivity index (χ0) is 15.9. The quantitative estimate of drug-likeness (QED) is 0.866. The number of nitrogens with zero attached hydrogens (tertiary/aromatic N) is 2. The number of aryl methyl sites for hydroxylation is 1. The van der Waals surface area contributed by atoms with Crippen molar-refractivity contribution >= 4 is 26.8 Å². The van der Waals surface area contributed by atoms with Crippen LogP contribution in [0.4, 0.5) is 0 Å². The second kappa shape index (κ2) is 5.36. The van der Waals surface area contributed by atoms with Crippen LogP contribution in [0.1, 0.15) is 10.5 Å². The second-order valence-corrected chi connectivity index (χ2v) is 7.62. The molecule has 0 saturated carbocycles. The van der Waals surface area contributed by atoms with Crippen LogP contribution in [-0.4, -0.2) is 54.6 Å². The molecule has 0 aromatic carbocycles. The number of fused-ring (bicyclic) bond motifs is 1. The molecular formula is C14H17N3O4S. The minimum Gasteiger partial charge on any atom is -0.378 e. The maximum absolute atomic E-state index is 12.3. The number of nitrogens with one attached hydrogen (secondary N) is 1. The molecule has 3 rings (SSSR count). The van der Waals surface area contributed by atoms with E-state index in [2.05, 4.69) is 10.3 Å². The Morgan fingerprint density at radius 1 is 1.36 bits per heavy atom. The Morgan fingerprint density at radius 2 is 2.14 bits per heavy atom. The standard InChI is InChI=1S/C14H17N3O4S/c1-17-6-5-9-3-4-10(15-13(9)17)14(18)16-11-7-22(19,20)8-12(11)21-2/h3-6,11-12H,7-8H2,1-2H3,(H,16,18)/t11-,12-/m1/s1. The van der Waals surface area contributed by atoms with Crippen molar-refractivity contribution in [2.45, 2.75) is 12.1 Å². The predicted molar refractivity (Wildman–Crippen MR) is 81.4 cm³/mol. The van der Waals surface area contributed by atoms with Crippen molar-refractivity contribution in [3.63, 3.8) is 0 Å². The Balaban J connectivity index is 1.82. The van der Waals surface area contributed by atoms with Gasteiger partial charge in [0.25, 0.3) is 5.91 Å². The van der Waals surface area contributed by atoms with Crippen molar-refractivity contribution in [2.24, 2.45) is 7.05 Å². The average Bonchev–Trinajstić information content (AvgIpc) is 2.98. The molecule has 0 spiro atoms. The van der Waals surface area contributed by atoms with Crippen molar-refractivity contribution in [3.05, 3.63) is 30.1 Å². The van der Waals surface area contributed by atoms with Gasteiger partial charge in [0.1, 0.15) is 11.3 Å². The maximum Gasteiger partial charge on any atom is 0.270 e. The van der Waals surface area contributed by atoms with Gasteiger partial charge < -0.3 is 14.6 Å². The van der Waals surface area contributed by atoms with Gasteiger partial charge in [-0.3, -0.25) is 4.79 Å². The number of carbonyl (C=O) groups excluding carboxylic acids is 1. The Morgan fingerprint density at radius 3 is 2.86 bits per heavy atom. The predicted octanol–water partition coefficient (Wildman–Crippen LogP) is 0.115. The molecule has 1 aliphatic rings. The van der Waals surface area contributed by atoms with Gasteiger partial charge in [-0.05, 0) is 18.2 Å². The van der Waals surface area contributed by atoms with Gasteiger partial charge in [-0.15, -0.1) is 0 Å². The summed E-state index contributed by atoms with van der Waals surface area (Å²) in [5.41, 5.74) is 0.962. The minimum atomic E-state index is -3.18. The summed E-state index contributed by atoms with van der Waals surface area (Å²) in [5, 5.41) is 3.66. The van der Waals surface area contributed by atoms with Crippen LogP contribution in [0, 0.1) is 0 Å². The van der Waals surface area contributed by atoms with Gasteiger partial charge in [-0.1, -0.05) is 0 Å². The largest absolute Gasteiger partial charge is 0.378 e. The van der Waals surface area contributed by atoms with E-state index < -0.39 is 27.9 Å². The second-order valence-electron chi connectivity index (χ2n) is 5.47. The van der Waals surface area contributed by atoms with Gasteiger partial charge in [0, 0.05) is 25.7 Å². The van der Waals surface area contributed by atoms with E-state index in [1.165, 1.54) is 7.11 Å². The van der Waals surface area contributed by atoms with E-state index in [-0.39, 0.29) is 17.2 Å². The molecule has 1 N–H and O–H groups in total. The third-order valence-electron chi connectivity index (χ3n) is 3.87. The summed E-state index contributed by atoms with van der Waals surface area (Å²) in [5.74, 6) is -0.574. The zero-order valence-electron chi connectivity index (χ0n) is 12.3. The van der Waals surface area contributed by atoms with Gasteiger partial charge in [0.2, 0.25) is 0 Å². The highest BCUT2D eigenvalue weighted by molar-refractivity contribution is 7.91. The number of pyridine rings is 1. The van der Waals surface area contributed by atoms with E-state index >= 15 is 0 Å². The van der Waals surface area contributed by atoms with Gasteiger partial charge in [-0.2, -0.15) is 0 Å². The molecule has 2 aromatic heterocycles. The number of aromatic nitrogens is 2. The summed E-state index contributed by atoms with van der Waals surface area (Å²) < 4.78 is 30.3. The normalized spacial score (nSPS) is 23.7. The number of rotatable bonds is 3. The third-order valence-corrected chi connectivity index (χ3v) is 5.57. The Hall–Kier alpha value is -1.93. The summed E-state index contributed by atoms with van der Waals surface area (Å²) >= 11 is 0. The smallest absolute Gasteiger partial charge is 0.270 e. The Kier molecular flexibility index (Phi) is 3.65. The number of methoxy groups -OCH3 is 1. The van der Waals surface area contributed by atoms with Crippen LogP contribution in [-0.2, 0) is 21.6 Å². The van der Waals surface area contributed by atoms with Crippen LogP contribution in [0.25, 0.3) is 11.0 Å². The van der Waals surface area contributed by atoms with Gasteiger partial charge in [0.15, 0.2) is 9.84 Å². The molecule has 2 atom stereocenters. The molecule has 0 aliphatic carbocycles. The first-order chi connectivity index (χ1) is 10.4. The molecule has 0 unspecified atom stereocenters. The van der Waals surface area contributed by atoms with E-state index in [1.807, 2.05) is 29.9 Å². The van der Waals surface area contributed by atoms with Crippen LogP contribution in [0.5, 0.6) is 0 Å². The van der Waals surface area contributed by atoms with E-state index in [0.29, 0.717) is 5.65 Å². The Labute approximate surface area is 128 Å². The number of ether oxygens (including phenoxy) is 1. The van der Waals surface area contributed by atoms with Crippen LogP contribution in [0.15, 0.2) is 24.4 Å². The first-order valence-electron chi connectivity index (χ1n) is 6.86. The number of hydrogen-bond donors (Lipinski definition) is 1. The molecule has 1 fully saturated rings. The number of sulfone groups is 1. The van der Waals surface area contributed by atoms with Crippen molar-refractivity contribution in [3.8, 4) is 0 Å². The molecule has 3 heterocycles. The van der Waals surface area contributed by atoms with Gasteiger partial charge >= 0.3 is 0 Å². The van der Waals surface area contributed by atoms with E-state index in [0.717, 1.165) is 5.39 Å². The van der Waals surface area contributed by atoms with Gasteiger partial charge in [0.05, 0.1) is 23.7 Å². The highest BCUT2D eigenvalue weighted by Gasteiger charge is 2.38. The number of hydrogen-bond acceptors (Lipinski definition) is 5. The van der Waals surface area contributed by atoms with Crippen LogP contribution >= 0.6 is 0 Å². The average molecular weight is 323 g/mol. The molecule has 1 saturated heterocycles. The molecule has 0 bridgehead atoms. The summed E-state index contributed by atoms with van der Waals surface area (Å²) in [4.78, 5) is 16.6. The molecule has 1 aliphatic heterocycles. The van der Waals surface area contributed by atoms with Crippen LogP contribution in [0.2, 0.25) is 0 Å². The molecule has 7 nitrogen and oxygen atoms in total. The first-order valence-corrected chi connectivity index (χ1v) is 8.68. The molecule has 0 radical (unpaired) electrons. The van der Waals surface area contributed by atoms with Crippen molar-refractivity contribution in [1.29, 1.82) is 0 Å². The van der Waals surface area contributed by atoms with Crippen molar-refractivity contribution < 1.29 is 17.9 Å². The zero-order valence-corrected chi connectivity index (χ0v) is 13.1. The first kappa shape index (κ1) is 15.0. The number of amides is 1. The Bertz CT molecular complexity index is 828. The number of carbonyl (C=O) groups is 1. The molecule has 22 heavy (non-hydrogen) atoms. The maximum atomic E-state index is 12.3. The molecule has 8 heteroatoms. The minimum absolute atomic E-state index is 0.0707. The lowest BCUT2D eigenvalue weighted by molar-refractivity contribution is 0.0783. The monoisotopic (exact) mass is 323 g/mol. The summed E-state index contributed by atoms with van der Waals surface area (Å²) in [6.07, 6.45) is 1.34. The van der Waals surface area contributed by atoms with Gasteiger partial charge in [-0.25, -0.2) is 13.4 Å². The third kappa shape index (κ3) is 2.71. The van der Waals surface area contributed by atoms with E-state index in [4.69, 9.17) is 4.74 Å². The molecule has 2 aromatic rings. The van der Waals surface area contributed by atoms with Crippen LogP contribution < -0.4 is 5.32 Å². The molecule has 1 amide bonds. The van der Waals surface area contributed by atoms with Crippen molar-refractivity contribution in [1.82, 2.24) is 14.9 Å². The fraction of sp³-hybridized carbons (Fsp3) is 0.429. The summed E-state index contributed by atoms with van der Waals surface area (Å²) in [6, 6.07) is 4.81. The van der Waals surface area contributed by atoms with E-state index in [9.17, 15) is 13.2 Å². The summed E-state index contributed by atoms with van der Waals surface area (Å²) in [6.45, 7) is 0. The lowest BCUT2D eigenvalue weighted by atomic mass is 10.2. The highest BCUT2D eigenvalue weighted by atomic mass is 32.2. The highest BCUT2D eigenvalue weighted by Crippen LogP contribution is 2.17. The fourth-order valence-electron chi connectivity index (χ4n) is 2.69. The molecule has 118 valence electrons. The molecular weight excluding hydrogens is 306 g/mol. The summed E-state index contributed by atoms with van der Waals surface area (Å²) in [7, 11) is 0.111. The van der Waals surface area contributed by atoms with Crippen LogP contribution in [0.3, 0.4) is 0 Å². The fourth-order valence-corrected chi connectivity index (χ4v) is 4.54. The topological polar surface area (TPSA) is 90.3 Å². The van der Waals surface area contributed by atoms with Crippen molar-refractivity contribution in [2.75, 3.05) is 18.6 Å². The lowest BCUT2D eigenvalue weighted by Gasteiger charge is -2.17. The lowest BCUT2D eigenvalue weighted by Crippen LogP contribution is -2.43. The SMILES string of the molecule is CO[C@@H]1CS(=O)(=O)C[C@H]1NC(=O)c1ccc2ccn(C)c2n1. The van der Waals surface area contributed by atoms with E-state index in [1.54, 1.807) is 6.07 Å².